The first-order valence-electron chi connectivity index (χ1n) is 11.2. The molecular formula is C24H22N8O5S. The molecule has 0 fully saturated rings. The number of anilines is 4. The van der Waals surface area contributed by atoms with Crippen LogP contribution in [0, 0.1) is 6.92 Å². The van der Waals surface area contributed by atoms with Crippen molar-refractivity contribution in [3.8, 4) is 6.01 Å². The van der Waals surface area contributed by atoms with Gasteiger partial charge < -0.3 is 20.6 Å². The monoisotopic (exact) mass is 534 g/mol. The number of nitrogens with one attached hydrogen (secondary N) is 3. The van der Waals surface area contributed by atoms with Crippen LogP contribution < -0.4 is 20.6 Å². The highest BCUT2D eigenvalue weighted by atomic mass is 32.3. The number of hydrogen-bond acceptors (Lipinski definition) is 10. The van der Waals surface area contributed by atoms with E-state index in [0.29, 0.717) is 33.8 Å². The lowest BCUT2D eigenvalue weighted by Gasteiger charge is -2.10. The van der Waals surface area contributed by atoms with E-state index < -0.39 is 16.4 Å². The third kappa shape index (κ3) is 5.71. The molecule has 194 valence electrons. The second-order valence-corrected chi connectivity index (χ2v) is 9.35. The van der Waals surface area contributed by atoms with Crippen molar-refractivity contribution in [2.75, 3.05) is 16.4 Å². The van der Waals surface area contributed by atoms with Crippen LogP contribution in [0.2, 0.25) is 0 Å². The second kappa shape index (κ2) is 10.2. The van der Waals surface area contributed by atoms with E-state index in [1.807, 2.05) is 6.92 Å². The van der Waals surface area contributed by atoms with Gasteiger partial charge in [-0.05, 0) is 48.9 Å². The summed E-state index contributed by atoms with van der Waals surface area (Å²) in [5.41, 5.74) is 9.04. The molecular weight excluding hydrogens is 512 g/mol. The zero-order valence-corrected chi connectivity index (χ0v) is 20.8. The Morgan fingerprint density at radius 1 is 1.11 bits per heavy atom. The summed E-state index contributed by atoms with van der Waals surface area (Å²) in [7, 11) is -4.52. The fourth-order valence-electron chi connectivity index (χ4n) is 3.46. The first-order valence-corrected chi connectivity index (χ1v) is 12.6. The van der Waals surface area contributed by atoms with Gasteiger partial charge in [0.05, 0.1) is 18.0 Å². The third-order valence-corrected chi connectivity index (χ3v) is 6.06. The summed E-state index contributed by atoms with van der Waals surface area (Å²) in [6.07, 6.45) is 1.61. The van der Waals surface area contributed by atoms with E-state index in [-0.39, 0.29) is 18.3 Å². The minimum absolute atomic E-state index is 0.285. The van der Waals surface area contributed by atoms with Crippen LogP contribution in [0.5, 0.6) is 6.01 Å². The molecule has 5 rings (SSSR count). The average Bonchev–Trinajstić information content (AvgIpc) is 3.53. The number of para-hydroxylation sites is 2. The van der Waals surface area contributed by atoms with Gasteiger partial charge in [-0.2, -0.15) is 18.5 Å². The molecule has 3 heterocycles. The molecule has 0 saturated carbocycles. The number of hydrogen-bond donors (Lipinski definition) is 4. The lowest BCUT2D eigenvalue weighted by molar-refractivity contribution is 0.102. The van der Waals surface area contributed by atoms with Crippen LogP contribution >= 0.6 is 0 Å². The normalized spacial score (nSPS) is 11.4. The molecule has 0 saturated heterocycles. The highest BCUT2D eigenvalue weighted by Crippen LogP contribution is 2.22. The number of aryl methyl sites for hydroxylation is 1. The van der Waals surface area contributed by atoms with E-state index in [9.17, 15) is 13.2 Å². The van der Waals surface area contributed by atoms with Gasteiger partial charge in [-0.1, -0.05) is 24.3 Å². The van der Waals surface area contributed by atoms with Gasteiger partial charge in [0.25, 0.3) is 5.91 Å². The van der Waals surface area contributed by atoms with Gasteiger partial charge in [0, 0.05) is 23.5 Å². The van der Waals surface area contributed by atoms with Gasteiger partial charge in [0.15, 0.2) is 11.6 Å². The quantitative estimate of drug-likeness (QED) is 0.205. The van der Waals surface area contributed by atoms with Gasteiger partial charge in [0.2, 0.25) is 0 Å². The molecule has 0 unspecified atom stereocenters. The van der Waals surface area contributed by atoms with Crippen LogP contribution in [0.1, 0.15) is 21.6 Å². The Morgan fingerprint density at radius 2 is 1.89 bits per heavy atom. The maximum atomic E-state index is 12.5. The molecule has 13 nitrogen and oxygen atoms in total. The summed E-state index contributed by atoms with van der Waals surface area (Å²) in [6.45, 7) is 1.51. The minimum Gasteiger partial charge on any atom is -0.397 e. The summed E-state index contributed by atoms with van der Waals surface area (Å²) in [5, 5.41) is 16.7. The standard InChI is InChI=1S/C24H22N8O5S/c1-15-13-21(30-29-15)27-22-20-7-4-12-32(20)31-24(28-22)37-38(34,35)36-14-16-8-10-17(11-9-16)23(33)26-19-6-3-2-5-18(19)25/h2-13H,14,25H2,1H3,(H,26,33)(H2,27,28,29,30,31). The number of carbonyl (C=O) groups is 1. The molecule has 0 aliphatic rings. The van der Waals surface area contributed by atoms with Crippen molar-refractivity contribution in [3.05, 3.63) is 89.7 Å². The lowest BCUT2D eigenvalue weighted by atomic mass is 10.1. The number of nitrogens with two attached hydrogens (primary N) is 1. The largest absolute Gasteiger partial charge is 0.452 e. The molecule has 0 radical (unpaired) electrons. The van der Waals surface area contributed by atoms with Crippen molar-refractivity contribution in [2.24, 2.45) is 0 Å². The summed E-state index contributed by atoms with van der Waals surface area (Å²) >= 11 is 0. The van der Waals surface area contributed by atoms with E-state index in [1.54, 1.807) is 72.9 Å². The highest BCUT2D eigenvalue weighted by Gasteiger charge is 2.19. The zero-order chi connectivity index (χ0) is 26.7. The van der Waals surface area contributed by atoms with Crippen LogP contribution in [0.15, 0.2) is 72.9 Å². The summed E-state index contributed by atoms with van der Waals surface area (Å²) in [4.78, 5) is 16.6. The molecule has 0 atom stereocenters. The Bertz CT molecular complexity index is 1710. The average molecular weight is 535 g/mol. The topological polar surface area (TPSA) is 179 Å². The Hall–Kier alpha value is -4.95. The molecule has 5 N–H and O–H groups in total. The molecule has 0 aliphatic carbocycles. The Morgan fingerprint density at radius 3 is 2.63 bits per heavy atom. The van der Waals surface area contributed by atoms with Crippen molar-refractivity contribution in [2.45, 2.75) is 13.5 Å². The Kier molecular flexibility index (Phi) is 6.64. The first-order chi connectivity index (χ1) is 18.3. The molecule has 1 amide bonds. The predicted octanol–water partition coefficient (Wildman–Crippen LogP) is 3.18. The van der Waals surface area contributed by atoms with Crippen molar-refractivity contribution >= 4 is 44.8 Å². The van der Waals surface area contributed by atoms with Crippen LogP contribution in [0.3, 0.4) is 0 Å². The summed E-state index contributed by atoms with van der Waals surface area (Å²) in [5.74, 6) is 0.407. The van der Waals surface area contributed by atoms with E-state index in [0.717, 1.165) is 5.69 Å². The number of benzene rings is 2. The molecule has 38 heavy (non-hydrogen) atoms. The number of nitrogen functional groups attached to an aromatic ring is 1. The first kappa shape index (κ1) is 24.7. The van der Waals surface area contributed by atoms with Crippen molar-refractivity contribution in [1.29, 1.82) is 0 Å². The van der Waals surface area contributed by atoms with Gasteiger partial charge in [-0.15, -0.1) is 5.10 Å². The number of rotatable bonds is 9. The van der Waals surface area contributed by atoms with E-state index in [2.05, 4.69) is 30.9 Å². The molecule has 0 aliphatic heterocycles. The van der Waals surface area contributed by atoms with Gasteiger partial charge in [-0.25, -0.2) is 8.70 Å². The molecule has 2 aromatic carbocycles. The number of amides is 1. The maximum absolute atomic E-state index is 12.5. The van der Waals surface area contributed by atoms with Crippen molar-refractivity contribution in [3.63, 3.8) is 0 Å². The number of H-pyrrole nitrogens is 1. The summed E-state index contributed by atoms with van der Waals surface area (Å²) in [6, 6.07) is 17.9. The maximum Gasteiger partial charge on any atom is 0.452 e. The lowest BCUT2D eigenvalue weighted by Crippen LogP contribution is -2.16. The SMILES string of the molecule is Cc1cc(Nc2nc(OS(=O)(=O)OCc3ccc(C(=O)Nc4ccccc4N)cc3)nn3cccc23)n[nH]1. The van der Waals surface area contributed by atoms with E-state index >= 15 is 0 Å². The fraction of sp³-hybridized carbons (Fsp3) is 0.0833. The fourth-order valence-corrected chi connectivity index (χ4v) is 4.04. The smallest absolute Gasteiger partial charge is 0.397 e. The minimum atomic E-state index is -4.52. The van der Waals surface area contributed by atoms with Crippen LogP contribution in [0.25, 0.3) is 5.52 Å². The molecule has 3 aromatic heterocycles. The van der Waals surface area contributed by atoms with Crippen LogP contribution in [-0.4, -0.2) is 39.1 Å². The molecule has 0 bridgehead atoms. The Balaban J connectivity index is 1.23. The van der Waals surface area contributed by atoms with Crippen molar-refractivity contribution in [1.82, 2.24) is 24.8 Å². The molecule has 14 heteroatoms. The molecule has 5 aromatic rings. The predicted molar refractivity (Wildman–Crippen MR) is 139 cm³/mol. The molecule has 0 spiro atoms. The van der Waals surface area contributed by atoms with Gasteiger partial charge >= 0.3 is 16.4 Å². The number of aromatic amines is 1. The number of aromatic nitrogens is 5. The third-order valence-electron chi connectivity index (χ3n) is 5.30. The van der Waals surface area contributed by atoms with E-state index in [4.69, 9.17) is 14.1 Å². The zero-order valence-electron chi connectivity index (χ0n) is 20.0. The highest BCUT2D eigenvalue weighted by molar-refractivity contribution is 7.82. The number of carbonyl (C=O) groups excluding carboxylic acids is 1. The van der Waals surface area contributed by atoms with Crippen LogP contribution in [-0.2, 0) is 21.2 Å². The number of nitrogens with zero attached hydrogens (tertiary/aromatic N) is 4. The van der Waals surface area contributed by atoms with Gasteiger partial charge in [0.1, 0.15) is 5.52 Å². The van der Waals surface area contributed by atoms with E-state index in [1.165, 1.54) is 4.52 Å². The van der Waals surface area contributed by atoms with Crippen molar-refractivity contribution < 1.29 is 21.6 Å². The van der Waals surface area contributed by atoms with Gasteiger partial charge in [-0.3, -0.25) is 9.89 Å². The summed E-state index contributed by atoms with van der Waals surface area (Å²) < 4.78 is 36.4. The number of fused-ring (bicyclic) bond motifs is 1. The van der Waals surface area contributed by atoms with Crippen LogP contribution in [0.4, 0.5) is 23.0 Å². The second-order valence-electron chi connectivity index (χ2n) is 8.13. The Labute approximate surface area is 216 Å².